The van der Waals surface area contributed by atoms with Gasteiger partial charge in [0.15, 0.2) is 0 Å². The molecule has 0 saturated carbocycles. The highest BCUT2D eigenvalue weighted by Crippen LogP contribution is 2.33. The van der Waals surface area contributed by atoms with Crippen LogP contribution in [0.15, 0.2) is 29.2 Å². The number of thioether (sulfide) groups is 1. The Morgan fingerprint density at radius 2 is 1.96 bits per heavy atom. The number of methoxy groups -OCH3 is 1. The lowest BCUT2D eigenvalue weighted by molar-refractivity contribution is -0.122. The molecule has 2 rings (SSSR count). The Labute approximate surface area is 176 Å². The summed E-state index contributed by atoms with van der Waals surface area (Å²) in [4.78, 5) is 26.6. The first-order chi connectivity index (χ1) is 13.5. The van der Waals surface area contributed by atoms with E-state index < -0.39 is 0 Å². The third-order valence-corrected chi connectivity index (χ3v) is 5.80. The molecule has 152 valence electrons. The van der Waals surface area contributed by atoms with Crippen molar-refractivity contribution in [2.24, 2.45) is 0 Å². The van der Waals surface area contributed by atoms with E-state index in [9.17, 15) is 9.59 Å². The van der Waals surface area contributed by atoms with E-state index in [0.29, 0.717) is 22.2 Å². The third kappa shape index (κ3) is 6.95. The molecule has 1 fully saturated rings. The molecule has 0 atom stereocenters. The number of hydrogen-bond donors (Lipinski definition) is 1. The molecule has 0 aromatic heterocycles. The molecule has 1 heterocycles. The van der Waals surface area contributed by atoms with Gasteiger partial charge in [0.25, 0.3) is 5.91 Å². The van der Waals surface area contributed by atoms with Gasteiger partial charge in [0.05, 0.1) is 12.0 Å². The van der Waals surface area contributed by atoms with Gasteiger partial charge in [0.1, 0.15) is 10.1 Å². The average Bonchev–Trinajstić information content (AvgIpc) is 2.95. The second-order valence-electron chi connectivity index (χ2n) is 6.62. The Bertz CT molecular complexity index is 717. The van der Waals surface area contributed by atoms with Crippen molar-refractivity contribution in [2.75, 3.05) is 20.2 Å². The lowest BCUT2D eigenvalue weighted by Crippen LogP contribution is -2.29. The summed E-state index contributed by atoms with van der Waals surface area (Å²) < 4.78 is 5.75. The minimum atomic E-state index is -0.0388. The summed E-state index contributed by atoms with van der Waals surface area (Å²) in [5, 5.41) is 2.92. The predicted octanol–water partition coefficient (Wildman–Crippen LogP) is 4.37. The number of rotatable bonds is 11. The fourth-order valence-electron chi connectivity index (χ4n) is 2.77. The molecular weight excluding hydrogens is 392 g/mol. The molecule has 0 aliphatic carbocycles. The van der Waals surface area contributed by atoms with Crippen molar-refractivity contribution >= 4 is 46.2 Å². The first-order valence-electron chi connectivity index (χ1n) is 9.71. The zero-order valence-electron chi connectivity index (χ0n) is 16.5. The molecular formula is C21H28N2O3S2. The van der Waals surface area contributed by atoms with Gasteiger partial charge < -0.3 is 10.1 Å². The van der Waals surface area contributed by atoms with Crippen LogP contribution in [0.2, 0.25) is 0 Å². The van der Waals surface area contributed by atoms with Crippen molar-refractivity contribution in [3.8, 4) is 5.75 Å². The van der Waals surface area contributed by atoms with E-state index in [2.05, 4.69) is 12.2 Å². The third-order valence-electron chi connectivity index (χ3n) is 4.43. The van der Waals surface area contributed by atoms with Crippen LogP contribution in [0.1, 0.15) is 51.0 Å². The number of carbonyl (C=O) groups excluding carboxylic acids is 2. The van der Waals surface area contributed by atoms with Crippen LogP contribution in [-0.2, 0) is 9.59 Å². The van der Waals surface area contributed by atoms with E-state index in [1.165, 1.54) is 11.8 Å². The molecule has 2 amide bonds. The molecule has 28 heavy (non-hydrogen) atoms. The molecule has 1 aromatic carbocycles. The molecule has 1 aromatic rings. The average molecular weight is 421 g/mol. The summed E-state index contributed by atoms with van der Waals surface area (Å²) in [6.45, 7) is 3.46. The Hall–Kier alpha value is -1.86. The Kier molecular flexibility index (Phi) is 9.50. The lowest BCUT2D eigenvalue weighted by atomic mass is 10.1. The first kappa shape index (κ1) is 22.4. The van der Waals surface area contributed by atoms with E-state index in [-0.39, 0.29) is 11.8 Å². The lowest BCUT2D eigenvalue weighted by Gasteiger charge is -2.14. The SMILES string of the molecule is CCCCNC(=O)CCCCCN1C(=O)/C(=C/c2ccc(OC)cc2)SC1=S. The molecule has 7 heteroatoms. The van der Waals surface area contributed by atoms with E-state index in [1.54, 1.807) is 12.0 Å². The first-order valence-corrected chi connectivity index (χ1v) is 10.9. The fraction of sp³-hybridized carbons (Fsp3) is 0.476. The minimum Gasteiger partial charge on any atom is -0.497 e. The van der Waals surface area contributed by atoms with Crippen LogP contribution in [0, 0.1) is 0 Å². The van der Waals surface area contributed by atoms with E-state index >= 15 is 0 Å². The van der Waals surface area contributed by atoms with E-state index in [1.807, 2.05) is 30.3 Å². The van der Waals surface area contributed by atoms with Crippen LogP contribution in [0.5, 0.6) is 5.75 Å². The quantitative estimate of drug-likeness (QED) is 0.327. The predicted molar refractivity (Wildman–Crippen MR) is 119 cm³/mol. The summed E-state index contributed by atoms with van der Waals surface area (Å²) >= 11 is 6.71. The standard InChI is InChI=1S/C21H28N2O3S2/c1-3-4-13-22-19(24)8-6-5-7-14-23-20(25)18(28-21(23)27)15-16-9-11-17(26-2)12-10-16/h9-12,15H,3-8,13-14H2,1-2H3,(H,22,24)/b18-15-. The monoisotopic (exact) mass is 420 g/mol. The zero-order valence-corrected chi connectivity index (χ0v) is 18.2. The Morgan fingerprint density at radius 3 is 2.64 bits per heavy atom. The van der Waals surface area contributed by atoms with Crippen LogP contribution in [0.25, 0.3) is 6.08 Å². The smallest absolute Gasteiger partial charge is 0.266 e. The number of nitrogens with one attached hydrogen (secondary N) is 1. The van der Waals surface area contributed by atoms with Gasteiger partial charge in [-0.1, -0.05) is 55.9 Å². The number of ether oxygens (including phenoxy) is 1. The summed E-state index contributed by atoms with van der Waals surface area (Å²) in [7, 11) is 1.62. The summed E-state index contributed by atoms with van der Waals surface area (Å²) in [5.41, 5.74) is 0.940. The molecule has 0 bridgehead atoms. The van der Waals surface area contributed by atoms with Gasteiger partial charge >= 0.3 is 0 Å². The number of unbranched alkanes of at least 4 members (excludes halogenated alkanes) is 3. The van der Waals surface area contributed by atoms with Gasteiger partial charge in [-0.15, -0.1) is 0 Å². The van der Waals surface area contributed by atoms with Gasteiger partial charge in [0, 0.05) is 19.5 Å². The van der Waals surface area contributed by atoms with Gasteiger partial charge in [-0.25, -0.2) is 0 Å². The second kappa shape index (κ2) is 11.9. The highest BCUT2D eigenvalue weighted by atomic mass is 32.2. The van der Waals surface area contributed by atoms with Crippen molar-refractivity contribution in [2.45, 2.75) is 45.4 Å². The highest BCUT2D eigenvalue weighted by Gasteiger charge is 2.31. The van der Waals surface area contributed by atoms with Crippen molar-refractivity contribution in [1.29, 1.82) is 0 Å². The van der Waals surface area contributed by atoms with Gasteiger partial charge in [-0.2, -0.15) is 0 Å². The van der Waals surface area contributed by atoms with Crippen LogP contribution < -0.4 is 10.1 Å². The van der Waals surface area contributed by atoms with E-state index in [0.717, 1.165) is 50.0 Å². The van der Waals surface area contributed by atoms with Crippen LogP contribution in [0.3, 0.4) is 0 Å². The number of benzene rings is 1. The highest BCUT2D eigenvalue weighted by molar-refractivity contribution is 8.26. The topological polar surface area (TPSA) is 58.6 Å². The fourth-order valence-corrected chi connectivity index (χ4v) is 4.08. The van der Waals surface area contributed by atoms with Gasteiger partial charge in [-0.05, 0) is 43.0 Å². The number of nitrogens with zero attached hydrogens (tertiary/aromatic N) is 1. The maximum atomic E-state index is 12.6. The maximum absolute atomic E-state index is 12.6. The second-order valence-corrected chi connectivity index (χ2v) is 8.30. The Balaban J connectivity index is 1.75. The minimum absolute atomic E-state index is 0.0388. The van der Waals surface area contributed by atoms with Gasteiger partial charge in [-0.3, -0.25) is 14.5 Å². The van der Waals surface area contributed by atoms with Crippen molar-refractivity contribution in [3.63, 3.8) is 0 Å². The molecule has 5 nitrogen and oxygen atoms in total. The summed E-state index contributed by atoms with van der Waals surface area (Å²) in [6.07, 6.45) is 7.06. The van der Waals surface area contributed by atoms with Gasteiger partial charge in [0.2, 0.25) is 5.91 Å². The normalized spacial score (nSPS) is 15.4. The number of carbonyl (C=O) groups is 2. The molecule has 0 spiro atoms. The largest absolute Gasteiger partial charge is 0.497 e. The maximum Gasteiger partial charge on any atom is 0.266 e. The summed E-state index contributed by atoms with van der Waals surface area (Å²) in [5.74, 6) is 0.855. The number of amides is 2. The summed E-state index contributed by atoms with van der Waals surface area (Å²) in [6, 6.07) is 7.56. The molecule has 1 saturated heterocycles. The van der Waals surface area contributed by atoms with Crippen LogP contribution in [-0.4, -0.2) is 41.2 Å². The molecule has 0 radical (unpaired) electrons. The molecule has 0 unspecified atom stereocenters. The zero-order chi connectivity index (χ0) is 20.4. The van der Waals surface area contributed by atoms with Crippen LogP contribution >= 0.6 is 24.0 Å². The van der Waals surface area contributed by atoms with Crippen molar-refractivity contribution in [1.82, 2.24) is 10.2 Å². The Morgan fingerprint density at radius 1 is 1.21 bits per heavy atom. The molecule has 1 aliphatic heterocycles. The van der Waals surface area contributed by atoms with Crippen molar-refractivity contribution in [3.05, 3.63) is 34.7 Å². The number of thiocarbonyl (C=S) groups is 1. The van der Waals surface area contributed by atoms with Crippen molar-refractivity contribution < 1.29 is 14.3 Å². The molecule has 1 N–H and O–H groups in total. The number of hydrogen-bond acceptors (Lipinski definition) is 5. The molecule has 1 aliphatic rings. The van der Waals surface area contributed by atoms with Crippen LogP contribution in [0.4, 0.5) is 0 Å². The van der Waals surface area contributed by atoms with E-state index in [4.69, 9.17) is 17.0 Å².